The maximum atomic E-state index is 12.9. The van der Waals surface area contributed by atoms with Gasteiger partial charge in [-0.3, -0.25) is 24.6 Å². The second kappa shape index (κ2) is 9.57. The largest absolute Gasteiger partial charge is 0.351 e. The zero-order chi connectivity index (χ0) is 22.8. The van der Waals surface area contributed by atoms with Gasteiger partial charge >= 0.3 is 0 Å². The average molecular weight is 444 g/mol. The number of hydrogen-bond acceptors (Lipinski definition) is 5. The highest BCUT2D eigenvalue weighted by molar-refractivity contribution is 5.87. The molecule has 2 atom stereocenters. The van der Waals surface area contributed by atoms with Crippen molar-refractivity contribution in [2.75, 3.05) is 20.6 Å². The van der Waals surface area contributed by atoms with E-state index in [4.69, 9.17) is 9.97 Å². The van der Waals surface area contributed by atoms with Crippen molar-refractivity contribution in [3.8, 4) is 0 Å². The van der Waals surface area contributed by atoms with Gasteiger partial charge in [0, 0.05) is 36.4 Å². The Morgan fingerprint density at radius 2 is 2.03 bits per heavy atom. The highest BCUT2D eigenvalue weighted by atomic mass is 16.2. The van der Waals surface area contributed by atoms with Crippen molar-refractivity contribution >= 4 is 16.7 Å². The number of pyridine rings is 2. The normalized spacial score (nSPS) is 20.8. The van der Waals surface area contributed by atoms with E-state index >= 15 is 0 Å². The Kier molecular flexibility index (Phi) is 6.38. The number of likely N-dealkylation sites (N-methyl/N-ethyl adjacent to an activating group) is 1. The number of likely N-dealkylation sites (tertiary alicyclic amines) is 1. The molecule has 3 aromatic rings. The quantitative estimate of drug-likeness (QED) is 0.627. The van der Waals surface area contributed by atoms with Crippen LogP contribution in [0.5, 0.6) is 0 Å². The summed E-state index contributed by atoms with van der Waals surface area (Å²) in [5.41, 5.74) is 4.71. The first-order valence-corrected chi connectivity index (χ1v) is 12.1. The number of aromatic nitrogens is 2. The zero-order valence-corrected chi connectivity index (χ0v) is 19.6. The molecule has 1 aromatic carbocycles. The van der Waals surface area contributed by atoms with Crippen molar-refractivity contribution in [1.82, 2.24) is 25.1 Å². The number of amides is 1. The van der Waals surface area contributed by atoms with E-state index in [9.17, 15) is 4.79 Å². The first-order chi connectivity index (χ1) is 16.1. The fraction of sp³-hybridized carbons (Fsp3) is 0.444. The molecule has 1 N–H and O–H groups in total. The predicted octanol–water partition coefficient (Wildman–Crippen LogP) is 3.85. The fourth-order valence-corrected chi connectivity index (χ4v) is 5.49. The van der Waals surface area contributed by atoms with Gasteiger partial charge in [-0.15, -0.1) is 0 Å². The van der Waals surface area contributed by atoms with Crippen molar-refractivity contribution < 1.29 is 4.79 Å². The number of hydrogen-bond donors (Lipinski definition) is 1. The number of aryl methyl sites for hydroxylation is 1. The van der Waals surface area contributed by atoms with Crippen LogP contribution in [0, 0.1) is 0 Å². The lowest BCUT2D eigenvalue weighted by molar-refractivity contribution is -0.125. The Morgan fingerprint density at radius 1 is 1.15 bits per heavy atom. The molecule has 5 rings (SSSR count). The third-order valence-electron chi connectivity index (χ3n) is 7.35. The molecule has 0 bridgehead atoms. The molecule has 1 aliphatic carbocycles. The maximum absolute atomic E-state index is 12.9. The number of benzene rings is 1. The summed E-state index contributed by atoms with van der Waals surface area (Å²) in [6, 6.07) is 12.8. The Bertz CT molecular complexity index is 1150. The van der Waals surface area contributed by atoms with Crippen molar-refractivity contribution in [3.05, 3.63) is 71.3 Å². The van der Waals surface area contributed by atoms with Crippen LogP contribution in [0.2, 0.25) is 0 Å². The topological polar surface area (TPSA) is 61.4 Å². The number of carbonyl (C=O) groups excluding carboxylic acids is 1. The van der Waals surface area contributed by atoms with E-state index in [2.05, 4.69) is 46.4 Å². The summed E-state index contributed by atoms with van der Waals surface area (Å²) in [5, 5.41) is 5.49. The molecule has 1 fully saturated rings. The third kappa shape index (κ3) is 4.50. The molecule has 6 heteroatoms. The van der Waals surface area contributed by atoms with Gasteiger partial charge in [0.1, 0.15) is 0 Å². The van der Waals surface area contributed by atoms with Gasteiger partial charge in [0.15, 0.2) is 0 Å². The molecule has 2 aromatic heterocycles. The Balaban J connectivity index is 1.40. The molecular formula is C27H33N5O. The van der Waals surface area contributed by atoms with E-state index < -0.39 is 0 Å². The first-order valence-electron chi connectivity index (χ1n) is 12.1. The van der Waals surface area contributed by atoms with E-state index in [-0.39, 0.29) is 18.0 Å². The van der Waals surface area contributed by atoms with Crippen LogP contribution in [0.15, 0.2) is 48.8 Å². The summed E-state index contributed by atoms with van der Waals surface area (Å²) >= 11 is 0. The summed E-state index contributed by atoms with van der Waals surface area (Å²) in [7, 11) is 4.20. The molecule has 33 heavy (non-hydrogen) atoms. The second-order valence-electron chi connectivity index (χ2n) is 9.50. The van der Waals surface area contributed by atoms with Gasteiger partial charge in [-0.05, 0) is 69.8 Å². The summed E-state index contributed by atoms with van der Waals surface area (Å²) in [5.74, 6) is 0.118. The van der Waals surface area contributed by atoms with Gasteiger partial charge in [0.2, 0.25) is 5.91 Å². The van der Waals surface area contributed by atoms with E-state index in [1.165, 1.54) is 17.7 Å². The maximum Gasteiger partial charge on any atom is 0.237 e. The van der Waals surface area contributed by atoms with Crippen LogP contribution in [-0.2, 0) is 24.3 Å². The minimum atomic E-state index is -0.0242. The number of carbonyl (C=O) groups is 1. The lowest BCUT2D eigenvalue weighted by Gasteiger charge is -2.32. The molecule has 3 heterocycles. The molecule has 0 spiro atoms. The second-order valence-corrected chi connectivity index (χ2v) is 9.50. The van der Waals surface area contributed by atoms with Gasteiger partial charge in [-0.2, -0.15) is 0 Å². The van der Waals surface area contributed by atoms with Gasteiger partial charge in [0.25, 0.3) is 0 Å². The summed E-state index contributed by atoms with van der Waals surface area (Å²) in [6.07, 6.45) is 9.26. The predicted molar refractivity (Wildman–Crippen MR) is 131 cm³/mol. The molecule has 1 amide bonds. The SMILES string of the molecule is CN1CCC[C@@H]1C(=O)NCc1c(CN(C)[C@H]2CCCc3cccnc32)ncc2ccccc12. The molecule has 0 saturated carbocycles. The van der Waals surface area contributed by atoms with Crippen LogP contribution in [0.25, 0.3) is 10.8 Å². The number of rotatable bonds is 6. The van der Waals surface area contributed by atoms with E-state index in [0.29, 0.717) is 6.54 Å². The van der Waals surface area contributed by atoms with E-state index in [1.807, 2.05) is 31.6 Å². The highest BCUT2D eigenvalue weighted by Crippen LogP contribution is 2.33. The van der Waals surface area contributed by atoms with E-state index in [0.717, 1.165) is 60.8 Å². The van der Waals surface area contributed by atoms with Gasteiger partial charge in [0.05, 0.1) is 23.5 Å². The highest BCUT2D eigenvalue weighted by Gasteiger charge is 2.28. The zero-order valence-electron chi connectivity index (χ0n) is 19.6. The number of fused-ring (bicyclic) bond motifs is 2. The lowest BCUT2D eigenvalue weighted by Crippen LogP contribution is -2.41. The molecular weight excluding hydrogens is 410 g/mol. The van der Waals surface area contributed by atoms with Crippen molar-refractivity contribution in [1.29, 1.82) is 0 Å². The molecule has 0 unspecified atom stereocenters. The van der Waals surface area contributed by atoms with Gasteiger partial charge in [-0.25, -0.2) is 0 Å². The molecule has 0 radical (unpaired) electrons. The van der Waals surface area contributed by atoms with Crippen molar-refractivity contribution in [3.63, 3.8) is 0 Å². The van der Waals surface area contributed by atoms with E-state index in [1.54, 1.807) is 0 Å². The Morgan fingerprint density at radius 3 is 2.88 bits per heavy atom. The fourth-order valence-electron chi connectivity index (χ4n) is 5.49. The summed E-state index contributed by atoms with van der Waals surface area (Å²) < 4.78 is 0. The van der Waals surface area contributed by atoms with Crippen molar-refractivity contribution in [2.45, 2.75) is 57.3 Å². The van der Waals surface area contributed by atoms with Gasteiger partial charge in [-0.1, -0.05) is 30.3 Å². The van der Waals surface area contributed by atoms with Crippen LogP contribution in [0.4, 0.5) is 0 Å². The minimum absolute atomic E-state index is 0.0242. The monoisotopic (exact) mass is 443 g/mol. The standard InChI is InChI=1S/C27H33N5O/c1-31-15-7-13-25(31)27(33)30-17-22-21-11-4-3-8-20(21)16-29-23(22)18-32(2)24-12-5-9-19-10-6-14-28-26(19)24/h3-4,6,8,10-11,14,16,24-25H,5,7,9,12-13,15,17-18H2,1-2H3,(H,30,33)/t24-,25+/m0/s1. The molecule has 2 aliphatic rings. The minimum Gasteiger partial charge on any atom is -0.351 e. The molecule has 1 aliphatic heterocycles. The Labute approximate surface area is 196 Å². The summed E-state index contributed by atoms with van der Waals surface area (Å²) in [6.45, 7) is 2.21. The molecule has 172 valence electrons. The van der Waals surface area contributed by atoms with Crippen LogP contribution < -0.4 is 5.32 Å². The molecule has 1 saturated heterocycles. The number of nitrogens with one attached hydrogen (secondary N) is 1. The first kappa shape index (κ1) is 22.0. The van der Waals surface area contributed by atoms with Crippen LogP contribution in [-0.4, -0.2) is 52.4 Å². The smallest absolute Gasteiger partial charge is 0.237 e. The number of nitrogens with zero attached hydrogens (tertiary/aromatic N) is 4. The van der Waals surface area contributed by atoms with Crippen LogP contribution in [0.1, 0.15) is 54.2 Å². The van der Waals surface area contributed by atoms with Gasteiger partial charge < -0.3 is 5.32 Å². The summed E-state index contributed by atoms with van der Waals surface area (Å²) in [4.78, 5) is 27.0. The lowest BCUT2D eigenvalue weighted by atomic mass is 9.91. The molecule has 6 nitrogen and oxygen atoms in total. The average Bonchev–Trinajstić information content (AvgIpc) is 3.28. The van der Waals surface area contributed by atoms with Crippen LogP contribution in [0.3, 0.4) is 0 Å². The Hall–Kier alpha value is -2.83. The third-order valence-corrected chi connectivity index (χ3v) is 7.35. The van der Waals surface area contributed by atoms with Crippen molar-refractivity contribution in [2.24, 2.45) is 0 Å². The van der Waals surface area contributed by atoms with Crippen LogP contribution >= 0.6 is 0 Å².